The van der Waals surface area contributed by atoms with Crippen molar-refractivity contribution in [3.8, 4) is 11.4 Å². The topological polar surface area (TPSA) is 75.7 Å². The summed E-state index contributed by atoms with van der Waals surface area (Å²) in [4.78, 5) is 12.6. The van der Waals surface area contributed by atoms with E-state index < -0.39 is 0 Å². The number of hydrogen-bond acceptors (Lipinski definition) is 5. The summed E-state index contributed by atoms with van der Waals surface area (Å²) in [6.45, 7) is 4.74. The molecule has 0 aliphatic rings. The Morgan fingerprint density at radius 3 is 2.52 bits per heavy atom. The summed E-state index contributed by atoms with van der Waals surface area (Å²) < 4.78 is 17.1. The summed E-state index contributed by atoms with van der Waals surface area (Å²) in [5.74, 6) is 0.237. The molecule has 23 heavy (non-hydrogen) atoms. The van der Waals surface area contributed by atoms with E-state index in [9.17, 15) is 4.79 Å². The zero-order valence-electron chi connectivity index (χ0n) is 13.7. The average Bonchev–Trinajstić information content (AvgIpc) is 2.49. The smallest absolute Gasteiger partial charge is 0.297 e. The van der Waals surface area contributed by atoms with Crippen molar-refractivity contribution >= 4 is 5.69 Å². The van der Waals surface area contributed by atoms with Crippen molar-refractivity contribution < 1.29 is 14.2 Å². The molecule has 1 aromatic heterocycles. The molecule has 2 aromatic rings. The van der Waals surface area contributed by atoms with Gasteiger partial charge in [0, 0.05) is 19.0 Å². The van der Waals surface area contributed by atoms with Crippen LogP contribution in [0.2, 0.25) is 0 Å². The third kappa shape index (κ3) is 4.12. The molecule has 2 N–H and O–H groups in total. The van der Waals surface area contributed by atoms with Gasteiger partial charge in [0.15, 0.2) is 12.5 Å². The summed E-state index contributed by atoms with van der Waals surface area (Å²) in [5, 5.41) is 0. The fourth-order valence-electron chi connectivity index (χ4n) is 2.44. The van der Waals surface area contributed by atoms with Gasteiger partial charge in [-0.15, -0.1) is 0 Å². The maximum Gasteiger partial charge on any atom is 0.297 e. The summed E-state index contributed by atoms with van der Waals surface area (Å²) in [7, 11) is 1.59. The number of nitrogens with two attached hydrogens (primary N) is 1. The van der Waals surface area contributed by atoms with Gasteiger partial charge in [-0.1, -0.05) is 0 Å². The first-order chi connectivity index (χ1) is 11.0. The SMILES string of the molecule is COCCOCOc1cccn(-c2c(C)cc(N)cc2C)c1=O. The lowest BCUT2D eigenvalue weighted by Crippen LogP contribution is -2.22. The van der Waals surface area contributed by atoms with Crippen LogP contribution in [0.5, 0.6) is 5.75 Å². The van der Waals surface area contributed by atoms with Crippen molar-refractivity contribution in [3.05, 3.63) is 51.9 Å². The maximum absolute atomic E-state index is 12.6. The molecule has 0 aliphatic carbocycles. The number of aromatic nitrogens is 1. The molecule has 0 spiro atoms. The van der Waals surface area contributed by atoms with Crippen LogP contribution in [0, 0.1) is 13.8 Å². The van der Waals surface area contributed by atoms with E-state index in [2.05, 4.69) is 0 Å². The summed E-state index contributed by atoms with van der Waals surface area (Å²) in [6.07, 6.45) is 1.71. The second-order valence-electron chi connectivity index (χ2n) is 5.21. The Kier molecular flexibility index (Phi) is 5.78. The zero-order chi connectivity index (χ0) is 16.8. The van der Waals surface area contributed by atoms with Gasteiger partial charge in [0.1, 0.15) is 0 Å². The average molecular weight is 318 g/mol. The monoisotopic (exact) mass is 318 g/mol. The first-order valence-electron chi connectivity index (χ1n) is 7.33. The van der Waals surface area contributed by atoms with Crippen LogP contribution in [0.3, 0.4) is 0 Å². The van der Waals surface area contributed by atoms with Crippen LogP contribution in [0.15, 0.2) is 35.3 Å². The Bertz CT molecular complexity index is 702. The molecule has 0 radical (unpaired) electrons. The Labute approximate surface area is 135 Å². The molecule has 0 unspecified atom stereocenters. The van der Waals surface area contributed by atoms with Gasteiger partial charge in [-0.2, -0.15) is 0 Å². The molecule has 6 heteroatoms. The summed E-state index contributed by atoms with van der Waals surface area (Å²) >= 11 is 0. The number of aryl methyl sites for hydroxylation is 2. The van der Waals surface area contributed by atoms with E-state index in [-0.39, 0.29) is 18.1 Å². The zero-order valence-corrected chi connectivity index (χ0v) is 13.7. The van der Waals surface area contributed by atoms with Gasteiger partial charge in [-0.05, 0) is 49.2 Å². The summed E-state index contributed by atoms with van der Waals surface area (Å²) in [5.41, 5.74) is 8.95. The van der Waals surface area contributed by atoms with Crippen LogP contribution in [0.1, 0.15) is 11.1 Å². The Morgan fingerprint density at radius 1 is 1.17 bits per heavy atom. The van der Waals surface area contributed by atoms with Gasteiger partial charge in [-0.25, -0.2) is 0 Å². The second kappa shape index (κ2) is 7.80. The number of anilines is 1. The van der Waals surface area contributed by atoms with E-state index in [0.717, 1.165) is 16.8 Å². The molecule has 0 aliphatic heterocycles. The highest BCUT2D eigenvalue weighted by Crippen LogP contribution is 2.21. The predicted molar refractivity (Wildman–Crippen MR) is 89.2 cm³/mol. The number of benzene rings is 1. The van der Waals surface area contributed by atoms with Gasteiger partial charge in [0.25, 0.3) is 5.56 Å². The van der Waals surface area contributed by atoms with E-state index in [0.29, 0.717) is 18.9 Å². The lowest BCUT2D eigenvalue weighted by Gasteiger charge is -2.15. The minimum atomic E-state index is -0.237. The molecule has 2 rings (SSSR count). The fraction of sp³-hybridized carbons (Fsp3) is 0.353. The standard InChI is InChI=1S/C17H22N2O4/c1-12-9-14(18)10-13(2)16(12)19-6-4-5-15(17(19)20)23-11-22-8-7-21-3/h4-6,9-10H,7-8,11,18H2,1-3H3. The van der Waals surface area contributed by atoms with E-state index in [1.807, 2.05) is 26.0 Å². The van der Waals surface area contributed by atoms with Crippen molar-refractivity contribution in [1.29, 1.82) is 0 Å². The van der Waals surface area contributed by atoms with Gasteiger partial charge in [0.05, 0.1) is 18.9 Å². The highest BCUT2D eigenvalue weighted by Gasteiger charge is 2.11. The van der Waals surface area contributed by atoms with Crippen LogP contribution < -0.4 is 16.0 Å². The minimum absolute atomic E-state index is 0.00230. The molecule has 1 aromatic carbocycles. The third-order valence-electron chi connectivity index (χ3n) is 3.40. The van der Waals surface area contributed by atoms with Crippen molar-refractivity contribution in [3.63, 3.8) is 0 Å². The molecule has 0 amide bonds. The van der Waals surface area contributed by atoms with Crippen LogP contribution in [0.4, 0.5) is 5.69 Å². The lowest BCUT2D eigenvalue weighted by molar-refractivity contribution is -0.00921. The van der Waals surface area contributed by atoms with Crippen LogP contribution in [0.25, 0.3) is 5.69 Å². The second-order valence-corrected chi connectivity index (χ2v) is 5.21. The molecule has 0 atom stereocenters. The van der Waals surface area contributed by atoms with Crippen molar-refractivity contribution in [2.75, 3.05) is 32.9 Å². The normalized spacial score (nSPS) is 10.7. The quantitative estimate of drug-likeness (QED) is 0.480. The summed E-state index contributed by atoms with van der Waals surface area (Å²) in [6, 6.07) is 7.08. The largest absolute Gasteiger partial charge is 0.462 e. The molecule has 0 bridgehead atoms. The number of nitrogen functional groups attached to an aromatic ring is 1. The molecule has 124 valence electrons. The van der Waals surface area contributed by atoms with E-state index in [1.165, 1.54) is 0 Å². The van der Waals surface area contributed by atoms with E-state index in [1.54, 1.807) is 30.0 Å². The molecule has 0 saturated carbocycles. The highest BCUT2D eigenvalue weighted by atomic mass is 16.7. The Hall–Kier alpha value is -2.31. The number of methoxy groups -OCH3 is 1. The molecule has 6 nitrogen and oxygen atoms in total. The van der Waals surface area contributed by atoms with Crippen molar-refractivity contribution in [1.82, 2.24) is 4.57 Å². The first kappa shape index (κ1) is 17.1. The van der Waals surface area contributed by atoms with Crippen LogP contribution in [-0.2, 0) is 9.47 Å². The molecular weight excluding hydrogens is 296 g/mol. The number of hydrogen-bond donors (Lipinski definition) is 1. The third-order valence-corrected chi connectivity index (χ3v) is 3.40. The maximum atomic E-state index is 12.6. The molecule has 0 saturated heterocycles. The van der Waals surface area contributed by atoms with Crippen molar-refractivity contribution in [2.45, 2.75) is 13.8 Å². The van der Waals surface area contributed by atoms with E-state index in [4.69, 9.17) is 19.9 Å². The number of rotatable bonds is 7. The lowest BCUT2D eigenvalue weighted by atomic mass is 10.1. The molecular formula is C17H22N2O4. The number of nitrogens with zero attached hydrogens (tertiary/aromatic N) is 1. The predicted octanol–water partition coefficient (Wildman–Crippen LogP) is 2.04. The van der Waals surface area contributed by atoms with E-state index >= 15 is 0 Å². The number of pyridine rings is 1. The fourth-order valence-corrected chi connectivity index (χ4v) is 2.44. The number of ether oxygens (including phenoxy) is 3. The van der Waals surface area contributed by atoms with Crippen LogP contribution in [-0.4, -0.2) is 31.7 Å². The Balaban J connectivity index is 2.25. The van der Waals surface area contributed by atoms with Gasteiger partial charge >= 0.3 is 0 Å². The Morgan fingerprint density at radius 2 is 1.87 bits per heavy atom. The van der Waals surface area contributed by atoms with Crippen LogP contribution >= 0.6 is 0 Å². The molecule has 1 heterocycles. The first-order valence-corrected chi connectivity index (χ1v) is 7.33. The van der Waals surface area contributed by atoms with Gasteiger partial charge < -0.3 is 19.9 Å². The van der Waals surface area contributed by atoms with Gasteiger partial charge in [0.2, 0.25) is 0 Å². The minimum Gasteiger partial charge on any atom is -0.462 e. The van der Waals surface area contributed by atoms with Gasteiger partial charge in [-0.3, -0.25) is 9.36 Å². The van der Waals surface area contributed by atoms with Crippen molar-refractivity contribution in [2.24, 2.45) is 0 Å². The molecule has 0 fully saturated rings. The highest BCUT2D eigenvalue weighted by molar-refractivity contribution is 5.56.